The Kier molecular flexibility index (Phi) is 5.58. The summed E-state index contributed by atoms with van der Waals surface area (Å²) in [6, 6.07) is 2.78. The van der Waals surface area contributed by atoms with E-state index in [1.165, 1.54) is 0 Å². The van der Waals surface area contributed by atoms with Crippen molar-refractivity contribution in [2.45, 2.75) is 35.0 Å². The Hall–Kier alpha value is -1.56. The van der Waals surface area contributed by atoms with Gasteiger partial charge in [-0.15, -0.1) is 0 Å². The number of rotatable bonds is 0. The van der Waals surface area contributed by atoms with Gasteiger partial charge in [0.2, 0.25) is 0 Å². The lowest BCUT2D eigenvalue weighted by molar-refractivity contribution is 0.297. The van der Waals surface area contributed by atoms with E-state index >= 15 is 0 Å². The summed E-state index contributed by atoms with van der Waals surface area (Å²) in [5.41, 5.74) is 0. The van der Waals surface area contributed by atoms with Crippen LogP contribution in [0.2, 0.25) is 0 Å². The molecule has 0 radical (unpaired) electrons. The van der Waals surface area contributed by atoms with Crippen molar-refractivity contribution in [1.29, 1.82) is 0 Å². The second-order valence-corrected chi connectivity index (χ2v) is 2.55. The lowest BCUT2D eigenvalue weighted by Crippen LogP contribution is -2.37. The van der Waals surface area contributed by atoms with Gasteiger partial charge >= 0.3 is 11.9 Å². The normalized spacial score (nSPS) is 24.5. The van der Waals surface area contributed by atoms with Crippen LogP contribution in [0.1, 0.15) is 29.2 Å². The Bertz CT molecular complexity index is 317. The van der Waals surface area contributed by atoms with E-state index in [4.69, 9.17) is 0 Å². The average Bonchev–Trinajstić information content (AvgIpc) is 2.03. The zero-order chi connectivity index (χ0) is 7.73. The molecule has 78 valence electrons. The van der Waals surface area contributed by atoms with E-state index in [-0.39, 0.29) is 22.3 Å². The van der Waals surface area contributed by atoms with Crippen LogP contribution in [-0.2, 0) is 0 Å². The molecule has 0 saturated heterocycles. The highest BCUT2D eigenvalue weighted by atomic mass is 15.4. The Morgan fingerprint density at radius 2 is 2.00 bits per heavy atom. The summed E-state index contributed by atoms with van der Waals surface area (Å²) in [6.45, 7) is 1.93. The van der Waals surface area contributed by atoms with Gasteiger partial charge in [-0.3, -0.25) is 4.90 Å². The van der Waals surface area contributed by atoms with Crippen LogP contribution in [0.5, 0.6) is 0 Å². The van der Waals surface area contributed by atoms with E-state index in [1.807, 2.05) is 30.3 Å². The molecule has 0 aromatic carbocycles. The third-order valence-electron chi connectivity index (χ3n) is 1.73. The van der Waals surface area contributed by atoms with Gasteiger partial charge in [-0.25, -0.2) is 0 Å². The molecule has 3 heteroatoms. The zero-order valence-electron chi connectivity index (χ0n) is 6.23. The Balaban J connectivity index is 0. The van der Waals surface area contributed by atoms with Crippen LogP contribution in [0.25, 0.3) is 4.85 Å². The third-order valence-corrected chi connectivity index (χ3v) is 1.73. The number of nitrogens with zero attached hydrogens (tertiary/aromatic N) is 3. The maximum Gasteiger partial charge on any atom is 0.454 e. The highest BCUT2D eigenvalue weighted by Crippen LogP contribution is 2.23. The molecule has 0 spiro atoms. The Labute approximate surface area is 87.3 Å². The first kappa shape index (κ1) is 14.9. The molecule has 0 aliphatic carbocycles. The molecular formula is C11H20N3+. The van der Waals surface area contributed by atoms with E-state index in [2.05, 4.69) is 15.9 Å². The van der Waals surface area contributed by atoms with Gasteiger partial charge in [0, 0.05) is 18.6 Å². The van der Waals surface area contributed by atoms with Gasteiger partial charge in [0.15, 0.2) is 0 Å². The zero-order valence-corrected chi connectivity index (χ0v) is 6.23. The first-order valence-corrected chi connectivity index (χ1v) is 3.46. The smallest absolute Gasteiger partial charge is 0.259 e. The molecule has 1 unspecified atom stereocenters. The second-order valence-electron chi connectivity index (χ2n) is 2.55. The van der Waals surface area contributed by atoms with Crippen molar-refractivity contribution < 1.29 is 0 Å². The predicted octanol–water partition coefficient (Wildman–Crippen LogP) is 3.33. The first-order chi connectivity index (χ1) is 5.31. The fourth-order valence-electron chi connectivity index (χ4n) is 1.07. The van der Waals surface area contributed by atoms with Gasteiger partial charge in [0.05, 0.1) is 13.0 Å². The maximum absolute atomic E-state index is 4.22. The minimum Gasteiger partial charge on any atom is -0.259 e. The Morgan fingerprint density at radius 3 is 2.64 bits per heavy atom. The fraction of sp³-hybridized carbons (Fsp3) is 0.455. The topological polar surface area (TPSA) is 20.0 Å². The molecule has 0 fully saturated rings. The molecule has 0 aromatic rings. The van der Waals surface area contributed by atoms with Crippen molar-refractivity contribution >= 4 is 6.21 Å². The molecular weight excluding hydrogens is 174 g/mol. The van der Waals surface area contributed by atoms with Crippen LogP contribution < -0.4 is 0 Å². The standard InChI is InChI=1S/C8H8N3.3CH4/c1-8-9-4-2-6-11(8)7-3-5-10-8;;;/h2-4,6-7H,1H3;3*1H4/q+1;;;. The van der Waals surface area contributed by atoms with Crippen molar-refractivity contribution in [2.24, 2.45) is 4.99 Å². The third kappa shape index (κ3) is 2.23. The minimum atomic E-state index is -0.483. The molecule has 0 saturated carbocycles. The lowest BCUT2D eigenvalue weighted by atomic mass is 10.3. The van der Waals surface area contributed by atoms with Crippen LogP contribution in [0, 0.1) is 6.07 Å². The summed E-state index contributed by atoms with van der Waals surface area (Å²) in [5, 5.41) is 0. The van der Waals surface area contributed by atoms with Crippen LogP contribution >= 0.6 is 0 Å². The molecule has 1 atom stereocenters. The van der Waals surface area contributed by atoms with Gasteiger partial charge in [0.1, 0.15) is 0 Å². The number of fused-ring (bicyclic) bond motifs is 1. The van der Waals surface area contributed by atoms with E-state index in [1.54, 1.807) is 12.3 Å². The molecule has 2 heterocycles. The van der Waals surface area contributed by atoms with Gasteiger partial charge in [-0.05, 0) is 10.9 Å². The molecule has 0 bridgehead atoms. The highest BCUT2D eigenvalue weighted by Gasteiger charge is 2.41. The van der Waals surface area contributed by atoms with Crippen LogP contribution in [0.4, 0.5) is 0 Å². The van der Waals surface area contributed by atoms with E-state index in [0.717, 1.165) is 0 Å². The number of hydrogen-bond acceptors (Lipinski definition) is 2. The number of allylic oxidation sites excluding steroid dienone is 2. The van der Waals surface area contributed by atoms with E-state index in [0.29, 0.717) is 0 Å². The fourth-order valence-corrected chi connectivity index (χ4v) is 1.07. The first-order valence-electron chi connectivity index (χ1n) is 3.46. The lowest BCUT2D eigenvalue weighted by Gasteiger charge is -2.22. The minimum absolute atomic E-state index is 0. The molecule has 0 aromatic heterocycles. The maximum atomic E-state index is 4.22. The second kappa shape index (κ2) is 5.23. The summed E-state index contributed by atoms with van der Waals surface area (Å²) in [4.78, 5) is 10.3. The van der Waals surface area contributed by atoms with Crippen molar-refractivity contribution in [3.05, 3.63) is 29.4 Å². The Morgan fingerprint density at radius 1 is 1.29 bits per heavy atom. The van der Waals surface area contributed by atoms with Gasteiger partial charge in [-0.2, -0.15) is 4.99 Å². The van der Waals surface area contributed by atoms with Crippen molar-refractivity contribution in [2.75, 3.05) is 0 Å². The van der Waals surface area contributed by atoms with Crippen LogP contribution in [0.15, 0.2) is 29.5 Å². The SMILES string of the molecule is C.C.C.CC12N=CC=CN1C=CC#[N+]2. The summed E-state index contributed by atoms with van der Waals surface area (Å²) in [7, 11) is 0. The monoisotopic (exact) mass is 194 g/mol. The molecule has 0 amide bonds. The van der Waals surface area contributed by atoms with Crippen molar-refractivity contribution in [3.8, 4) is 6.07 Å². The quantitative estimate of drug-likeness (QED) is 0.579. The predicted molar refractivity (Wildman–Crippen MR) is 64.5 cm³/mol. The molecule has 2 aliphatic heterocycles. The molecule has 2 rings (SSSR count). The summed E-state index contributed by atoms with van der Waals surface area (Å²) in [6.07, 6.45) is 9.24. The summed E-state index contributed by atoms with van der Waals surface area (Å²) in [5.74, 6) is -0.483. The largest absolute Gasteiger partial charge is 0.454 e. The molecule has 0 N–H and O–H groups in total. The average molecular weight is 194 g/mol. The number of hydrogen-bond donors (Lipinski definition) is 0. The van der Waals surface area contributed by atoms with Crippen LogP contribution in [0.3, 0.4) is 0 Å². The highest BCUT2D eigenvalue weighted by molar-refractivity contribution is 5.72. The molecule has 3 nitrogen and oxygen atoms in total. The van der Waals surface area contributed by atoms with Gasteiger partial charge in [-0.1, -0.05) is 22.3 Å². The molecule has 2 aliphatic rings. The van der Waals surface area contributed by atoms with Crippen LogP contribution in [-0.4, -0.2) is 16.9 Å². The van der Waals surface area contributed by atoms with E-state index < -0.39 is 5.79 Å². The van der Waals surface area contributed by atoms with Crippen molar-refractivity contribution in [1.82, 2.24) is 4.90 Å². The molecule has 14 heavy (non-hydrogen) atoms. The summed E-state index contributed by atoms with van der Waals surface area (Å²) < 4.78 is 0. The van der Waals surface area contributed by atoms with Crippen molar-refractivity contribution in [3.63, 3.8) is 0 Å². The van der Waals surface area contributed by atoms with E-state index in [9.17, 15) is 0 Å². The number of aliphatic imine (C=N–C) groups is 1. The van der Waals surface area contributed by atoms with Gasteiger partial charge in [0.25, 0.3) is 0 Å². The van der Waals surface area contributed by atoms with Gasteiger partial charge < -0.3 is 0 Å². The summed E-state index contributed by atoms with van der Waals surface area (Å²) >= 11 is 0.